The Morgan fingerprint density at radius 3 is 2.12 bits per heavy atom. The molecule has 0 saturated heterocycles. The van der Waals surface area contributed by atoms with E-state index in [2.05, 4.69) is 15.9 Å². The predicted molar refractivity (Wildman–Crippen MR) is 61.5 cm³/mol. The summed E-state index contributed by atoms with van der Waals surface area (Å²) in [5.41, 5.74) is 0.808. The third kappa shape index (κ3) is 2.44. The van der Waals surface area contributed by atoms with E-state index in [4.69, 9.17) is 5.21 Å². The first-order valence-corrected chi connectivity index (χ1v) is 4.94. The van der Waals surface area contributed by atoms with Gasteiger partial charge in [0.25, 0.3) is 11.8 Å². The zero-order chi connectivity index (χ0) is 11.0. The molecule has 2 amide bonds. The maximum absolute atomic E-state index is 11.4. The second-order valence-corrected chi connectivity index (χ2v) is 3.94. The fourth-order valence-electron chi connectivity index (χ4n) is 1.30. The SMILES string of the molecule is O=C1C=C(c2ccc(Br)cc2)C(=O)N1O.[Na]. The largest absolute Gasteiger partial charge is 0.285 e. The summed E-state index contributed by atoms with van der Waals surface area (Å²) < 4.78 is 0.879. The Morgan fingerprint density at radius 1 is 1.12 bits per heavy atom. The number of carbonyl (C=O) groups is 2. The summed E-state index contributed by atoms with van der Waals surface area (Å²) >= 11 is 3.26. The summed E-state index contributed by atoms with van der Waals surface area (Å²) in [5.74, 6) is -1.40. The molecule has 16 heavy (non-hydrogen) atoms. The van der Waals surface area contributed by atoms with E-state index in [1.54, 1.807) is 24.3 Å². The average molecular weight is 291 g/mol. The number of halogens is 1. The molecule has 1 aliphatic rings. The molecule has 0 unspecified atom stereocenters. The number of hydrogen-bond acceptors (Lipinski definition) is 3. The van der Waals surface area contributed by atoms with Gasteiger partial charge >= 0.3 is 0 Å². The summed E-state index contributed by atoms with van der Waals surface area (Å²) in [4.78, 5) is 22.4. The standard InChI is InChI=1S/C10H6BrNO3.Na/c11-7-3-1-6(2-4-7)8-5-9(13)12(15)10(8)14;/h1-5,15H;. The van der Waals surface area contributed by atoms with Gasteiger partial charge in [-0.25, -0.2) is 0 Å². The molecule has 1 aromatic carbocycles. The molecule has 0 aromatic heterocycles. The van der Waals surface area contributed by atoms with E-state index in [9.17, 15) is 9.59 Å². The van der Waals surface area contributed by atoms with Gasteiger partial charge in [0.2, 0.25) is 0 Å². The van der Waals surface area contributed by atoms with E-state index in [0.29, 0.717) is 5.56 Å². The van der Waals surface area contributed by atoms with Gasteiger partial charge in [-0.05, 0) is 17.7 Å². The molecular formula is C10H6BrNNaO3. The van der Waals surface area contributed by atoms with Crippen LogP contribution in [-0.2, 0) is 9.59 Å². The molecule has 4 nitrogen and oxygen atoms in total. The zero-order valence-electron chi connectivity index (χ0n) is 8.48. The number of carbonyl (C=O) groups excluding carboxylic acids is 2. The normalized spacial score (nSPS) is 14.9. The summed E-state index contributed by atoms with van der Waals surface area (Å²) in [6.45, 7) is 0. The number of hydrogen-bond donors (Lipinski definition) is 1. The number of rotatable bonds is 1. The minimum absolute atomic E-state index is 0. The molecule has 0 atom stereocenters. The van der Waals surface area contributed by atoms with Crippen molar-refractivity contribution in [1.82, 2.24) is 5.06 Å². The van der Waals surface area contributed by atoms with Crippen LogP contribution < -0.4 is 0 Å². The number of benzene rings is 1. The third-order valence-corrected chi connectivity index (χ3v) is 2.58. The van der Waals surface area contributed by atoms with Crippen LogP contribution in [0, 0.1) is 0 Å². The van der Waals surface area contributed by atoms with Crippen molar-refractivity contribution in [2.24, 2.45) is 0 Å². The quantitative estimate of drug-likeness (QED) is 0.480. The summed E-state index contributed by atoms with van der Waals surface area (Å²) in [5, 5.41) is 9.13. The molecule has 1 aromatic rings. The van der Waals surface area contributed by atoms with Crippen LogP contribution in [0.2, 0.25) is 0 Å². The van der Waals surface area contributed by atoms with Crippen molar-refractivity contribution in [3.63, 3.8) is 0 Å². The van der Waals surface area contributed by atoms with Crippen LogP contribution in [-0.4, -0.2) is 51.6 Å². The van der Waals surface area contributed by atoms with E-state index in [1.807, 2.05) is 0 Å². The molecule has 1 heterocycles. The van der Waals surface area contributed by atoms with Gasteiger partial charge in [0.05, 0.1) is 5.57 Å². The second-order valence-electron chi connectivity index (χ2n) is 3.02. The fraction of sp³-hybridized carbons (Fsp3) is 0. The minimum atomic E-state index is -0.710. The molecule has 1 radical (unpaired) electrons. The van der Waals surface area contributed by atoms with Crippen LogP contribution in [0.4, 0.5) is 0 Å². The molecule has 0 saturated carbocycles. The Morgan fingerprint density at radius 2 is 1.69 bits per heavy atom. The van der Waals surface area contributed by atoms with E-state index in [1.165, 1.54) is 0 Å². The minimum Gasteiger partial charge on any atom is -0.278 e. The number of nitrogens with zero attached hydrogens (tertiary/aromatic N) is 1. The number of hydroxylamine groups is 2. The van der Waals surface area contributed by atoms with Gasteiger partial charge in [0.15, 0.2) is 0 Å². The van der Waals surface area contributed by atoms with Crippen molar-refractivity contribution < 1.29 is 14.8 Å². The molecule has 0 fully saturated rings. The fourth-order valence-corrected chi connectivity index (χ4v) is 1.56. The Bertz CT molecular complexity index is 469. The van der Waals surface area contributed by atoms with Crippen molar-refractivity contribution >= 4 is 62.9 Å². The Kier molecular flexibility index (Phi) is 4.46. The van der Waals surface area contributed by atoms with Crippen LogP contribution in [0.25, 0.3) is 5.57 Å². The molecule has 1 N–H and O–H groups in total. The van der Waals surface area contributed by atoms with Crippen molar-refractivity contribution in [1.29, 1.82) is 0 Å². The predicted octanol–water partition coefficient (Wildman–Crippen LogP) is 1.21. The number of amides is 2. The molecular weight excluding hydrogens is 285 g/mol. The molecule has 2 rings (SSSR count). The Hall–Kier alpha value is -0.460. The first-order chi connectivity index (χ1) is 7.09. The van der Waals surface area contributed by atoms with Gasteiger partial charge in [-0.2, -0.15) is 0 Å². The van der Waals surface area contributed by atoms with Crippen LogP contribution in [0.5, 0.6) is 0 Å². The van der Waals surface area contributed by atoms with Gasteiger partial charge in [-0.1, -0.05) is 28.1 Å². The van der Waals surface area contributed by atoms with Crippen molar-refractivity contribution in [3.05, 3.63) is 40.4 Å². The van der Waals surface area contributed by atoms with Gasteiger partial charge in [0, 0.05) is 40.1 Å². The van der Waals surface area contributed by atoms with Gasteiger partial charge < -0.3 is 0 Å². The van der Waals surface area contributed by atoms with Crippen LogP contribution in [0.15, 0.2) is 34.8 Å². The van der Waals surface area contributed by atoms with Gasteiger partial charge in [0.1, 0.15) is 0 Å². The summed E-state index contributed by atoms with van der Waals surface area (Å²) in [6.07, 6.45) is 1.12. The zero-order valence-corrected chi connectivity index (χ0v) is 12.1. The van der Waals surface area contributed by atoms with Crippen molar-refractivity contribution in [2.75, 3.05) is 0 Å². The first-order valence-electron chi connectivity index (χ1n) is 4.14. The van der Waals surface area contributed by atoms with E-state index in [0.717, 1.165) is 10.5 Å². The van der Waals surface area contributed by atoms with Crippen LogP contribution in [0.1, 0.15) is 5.56 Å². The topological polar surface area (TPSA) is 57.6 Å². The van der Waals surface area contributed by atoms with Crippen LogP contribution >= 0.6 is 15.9 Å². The molecule has 0 aliphatic carbocycles. The molecule has 6 heteroatoms. The third-order valence-electron chi connectivity index (χ3n) is 2.05. The molecule has 77 valence electrons. The van der Waals surface area contributed by atoms with Gasteiger partial charge in [-0.3, -0.25) is 14.8 Å². The second kappa shape index (κ2) is 5.25. The Balaban J connectivity index is 0.00000128. The molecule has 0 spiro atoms. The summed E-state index contributed by atoms with van der Waals surface area (Å²) in [7, 11) is 0. The maximum atomic E-state index is 11.4. The van der Waals surface area contributed by atoms with Crippen LogP contribution in [0.3, 0.4) is 0 Å². The molecule has 0 bridgehead atoms. The molecule has 1 aliphatic heterocycles. The van der Waals surface area contributed by atoms with E-state index in [-0.39, 0.29) is 40.2 Å². The van der Waals surface area contributed by atoms with Crippen molar-refractivity contribution in [3.8, 4) is 0 Å². The smallest absolute Gasteiger partial charge is 0.278 e. The first kappa shape index (κ1) is 13.6. The van der Waals surface area contributed by atoms with Gasteiger partial charge in [-0.15, -0.1) is 5.06 Å². The Labute approximate surface area is 122 Å². The average Bonchev–Trinajstić information content (AvgIpc) is 2.47. The summed E-state index contributed by atoms with van der Waals surface area (Å²) in [6, 6.07) is 6.91. The monoisotopic (exact) mass is 290 g/mol. The van der Waals surface area contributed by atoms with Crippen molar-refractivity contribution in [2.45, 2.75) is 0 Å². The van der Waals surface area contributed by atoms with E-state index < -0.39 is 11.8 Å². The number of imide groups is 1. The van der Waals surface area contributed by atoms with E-state index >= 15 is 0 Å². The maximum Gasteiger partial charge on any atom is 0.285 e.